The molecule has 43 heavy (non-hydrogen) atoms. The predicted molar refractivity (Wildman–Crippen MR) is 159 cm³/mol. The number of carbonyl (C=O) groups excluding carboxylic acids is 2. The quantitative estimate of drug-likeness (QED) is 0.256. The Morgan fingerprint density at radius 3 is 2.58 bits per heavy atom. The van der Waals surface area contributed by atoms with Crippen molar-refractivity contribution in [3.8, 4) is 23.2 Å². The molecule has 2 aliphatic rings. The Bertz CT molecular complexity index is 1730. The van der Waals surface area contributed by atoms with E-state index in [4.69, 9.17) is 21.1 Å². The van der Waals surface area contributed by atoms with Gasteiger partial charge in [0.05, 0.1) is 49.2 Å². The molecule has 1 N–H and O–H groups in total. The summed E-state index contributed by atoms with van der Waals surface area (Å²) in [4.78, 5) is 34.3. The van der Waals surface area contributed by atoms with Crippen LogP contribution in [0.25, 0.3) is 22.3 Å². The highest BCUT2D eigenvalue weighted by atomic mass is 35.5. The SMILES string of the molecule is CCOC(=O)CC1CC2(C1)CC(NC(=O)c1cc(Cl)cc3cnn(Cc4cnc(-c5cc(C#N)cc(OC)c5)nc4)c13)C2. The molecule has 0 unspecified atom stereocenters. The number of hydrogen-bond donors (Lipinski definition) is 1. The minimum absolute atomic E-state index is 0.0838. The van der Waals surface area contributed by atoms with Gasteiger partial charge < -0.3 is 14.8 Å². The Balaban J connectivity index is 1.14. The summed E-state index contributed by atoms with van der Waals surface area (Å²) in [6.45, 7) is 2.58. The minimum Gasteiger partial charge on any atom is -0.497 e. The summed E-state index contributed by atoms with van der Waals surface area (Å²) in [5.74, 6) is 1.09. The van der Waals surface area contributed by atoms with Crippen molar-refractivity contribution in [3.63, 3.8) is 0 Å². The zero-order valence-corrected chi connectivity index (χ0v) is 24.7. The van der Waals surface area contributed by atoms with Crippen molar-refractivity contribution in [1.29, 1.82) is 5.26 Å². The zero-order valence-electron chi connectivity index (χ0n) is 24.0. The van der Waals surface area contributed by atoms with Crippen LogP contribution in [0, 0.1) is 22.7 Å². The Morgan fingerprint density at radius 2 is 1.88 bits per heavy atom. The average Bonchev–Trinajstić information content (AvgIpc) is 3.36. The molecule has 11 heteroatoms. The monoisotopic (exact) mass is 598 g/mol. The first kappa shape index (κ1) is 28.6. The summed E-state index contributed by atoms with van der Waals surface area (Å²) in [7, 11) is 1.54. The van der Waals surface area contributed by atoms with E-state index >= 15 is 0 Å². The van der Waals surface area contributed by atoms with Crippen molar-refractivity contribution in [2.24, 2.45) is 11.3 Å². The van der Waals surface area contributed by atoms with Gasteiger partial charge in [-0.05, 0) is 74.3 Å². The standard InChI is InChI=1S/C32H31ClN6O4/c1-3-43-28(40)6-20-10-32(11-20)12-25(13-32)38-31(41)27-9-24(33)7-23-17-37-39(29(23)27)18-21-15-35-30(36-16-21)22-4-19(14-34)5-26(8-22)42-2/h4-5,7-9,15-17,20,25H,3,6,10-13,18H2,1-2H3,(H,38,41). The van der Waals surface area contributed by atoms with Crippen LogP contribution in [0.3, 0.4) is 0 Å². The molecule has 1 amide bonds. The fourth-order valence-corrected chi connectivity index (χ4v) is 6.83. The normalized spacial score (nSPS) is 20.6. The van der Waals surface area contributed by atoms with Crippen molar-refractivity contribution >= 4 is 34.4 Å². The van der Waals surface area contributed by atoms with Crippen LogP contribution in [-0.4, -0.2) is 51.4 Å². The Kier molecular flexibility index (Phi) is 7.75. The highest BCUT2D eigenvalue weighted by Crippen LogP contribution is 2.59. The van der Waals surface area contributed by atoms with Crippen LogP contribution in [0.5, 0.6) is 5.75 Å². The van der Waals surface area contributed by atoms with E-state index in [0.717, 1.165) is 36.6 Å². The van der Waals surface area contributed by atoms with Crippen LogP contribution in [0.15, 0.2) is 48.9 Å². The summed E-state index contributed by atoms with van der Waals surface area (Å²) < 4.78 is 12.1. The van der Waals surface area contributed by atoms with Crippen LogP contribution in [0.1, 0.15) is 60.5 Å². The van der Waals surface area contributed by atoms with Gasteiger partial charge in [0.2, 0.25) is 0 Å². The van der Waals surface area contributed by atoms with Crippen molar-refractivity contribution in [2.75, 3.05) is 13.7 Å². The lowest BCUT2D eigenvalue weighted by Crippen LogP contribution is -2.56. The Hall–Kier alpha value is -4.49. The van der Waals surface area contributed by atoms with Gasteiger partial charge in [-0.25, -0.2) is 9.97 Å². The molecule has 2 heterocycles. The van der Waals surface area contributed by atoms with Gasteiger partial charge in [0, 0.05) is 46.4 Å². The van der Waals surface area contributed by atoms with E-state index in [9.17, 15) is 14.9 Å². The summed E-state index contributed by atoms with van der Waals surface area (Å²) >= 11 is 6.39. The maximum Gasteiger partial charge on any atom is 0.306 e. The molecule has 4 aromatic rings. The second kappa shape index (κ2) is 11.7. The highest BCUT2D eigenvalue weighted by molar-refractivity contribution is 6.32. The fourth-order valence-electron chi connectivity index (χ4n) is 6.61. The largest absolute Gasteiger partial charge is 0.497 e. The fraction of sp³-hybridized carbons (Fsp3) is 0.375. The lowest BCUT2D eigenvalue weighted by Gasteiger charge is -2.57. The van der Waals surface area contributed by atoms with E-state index < -0.39 is 0 Å². The molecule has 2 aromatic heterocycles. The van der Waals surface area contributed by atoms with Crippen molar-refractivity contribution in [2.45, 2.75) is 51.6 Å². The van der Waals surface area contributed by atoms with E-state index in [1.807, 2.05) is 6.92 Å². The number of halogens is 1. The van der Waals surface area contributed by atoms with Crippen molar-refractivity contribution in [1.82, 2.24) is 25.1 Å². The molecule has 0 aliphatic heterocycles. The van der Waals surface area contributed by atoms with Gasteiger partial charge in [0.1, 0.15) is 5.75 Å². The molecule has 2 aromatic carbocycles. The summed E-state index contributed by atoms with van der Waals surface area (Å²) in [5.41, 5.74) is 3.31. The van der Waals surface area contributed by atoms with Gasteiger partial charge in [-0.2, -0.15) is 10.4 Å². The molecule has 2 saturated carbocycles. The number of nitrogens with one attached hydrogen (secondary N) is 1. The third-order valence-corrected chi connectivity index (χ3v) is 8.63. The number of nitriles is 1. The first-order valence-electron chi connectivity index (χ1n) is 14.3. The molecule has 0 radical (unpaired) electrons. The Labute approximate surface area is 254 Å². The molecule has 0 saturated heterocycles. The lowest BCUT2D eigenvalue weighted by atomic mass is 9.49. The van der Waals surface area contributed by atoms with E-state index in [1.54, 1.807) is 60.7 Å². The summed E-state index contributed by atoms with van der Waals surface area (Å²) in [5, 5.41) is 18.3. The molecular weight excluding hydrogens is 568 g/mol. The Morgan fingerprint density at radius 1 is 1.12 bits per heavy atom. The number of aromatic nitrogens is 4. The first-order valence-corrected chi connectivity index (χ1v) is 14.7. The van der Waals surface area contributed by atoms with Crippen molar-refractivity contribution < 1.29 is 19.1 Å². The van der Waals surface area contributed by atoms with Gasteiger partial charge >= 0.3 is 5.97 Å². The molecule has 0 bridgehead atoms. The number of rotatable bonds is 9. The minimum atomic E-state index is -0.186. The number of hydrogen-bond acceptors (Lipinski definition) is 8. The second-order valence-corrected chi connectivity index (χ2v) is 12.0. The average molecular weight is 599 g/mol. The molecule has 0 atom stereocenters. The van der Waals surface area contributed by atoms with Crippen LogP contribution in [0.2, 0.25) is 5.02 Å². The molecular formula is C32H31ClN6O4. The van der Waals surface area contributed by atoms with E-state index in [-0.39, 0.29) is 23.3 Å². The first-order chi connectivity index (χ1) is 20.8. The van der Waals surface area contributed by atoms with Crippen LogP contribution >= 0.6 is 11.6 Å². The van der Waals surface area contributed by atoms with E-state index in [0.29, 0.717) is 64.3 Å². The third kappa shape index (κ3) is 5.90. The molecule has 6 rings (SSSR count). The lowest BCUT2D eigenvalue weighted by molar-refractivity contribution is -0.148. The van der Waals surface area contributed by atoms with Gasteiger partial charge in [-0.3, -0.25) is 14.3 Å². The predicted octanol–water partition coefficient (Wildman–Crippen LogP) is 5.32. The number of carbonyl (C=O) groups is 2. The number of nitrogens with zero attached hydrogens (tertiary/aromatic N) is 5. The van der Waals surface area contributed by atoms with Gasteiger partial charge in [0.25, 0.3) is 5.91 Å². The van der Waals surface area contributed by atoms with Crippen LogP contribution in [0.4, 0.5) is 0 Å². The number of benzene rings is 2. The number of methoxy groups -OCH3 is 1. The number of amides is 1. The zero-order chi connectivity index (χ0) is 30.1. The number of ether oxygens (including phenoxy) is 2. The topological polar surface area (TPSA) is 132 Å². The van der Waals surface area contributed by atoms with Gasteiger partial charge in [0.15, 0.2) is 5.82 Å². The van der Waals surface area contributed by atoms with Gasteiger partial charge in [-0.1, -0.05) is 11.6 Å². The smallest absolute Gasteiger partial charge is 0.306 e. The number of esters is 1. The highest BCUT2D eigenvalue weighted by Gasteiger charge is 2.53. The summed E-state index contributed by atoms with van der Waals surface area (Å²) in [6.07, 6.45) is 9.42. The van der Waals surface area contributed by atoms with Crippen LogP contribution in [-0.2, 0) is 16.1 Å². The maximum atomic E-state index is 13.5. The number of fused-ring (bicyclic) bond motifs is 1. The molecule has 10 nitrogen and oxygen atoms in total. The summed E-state index contributed by atoms with van der Waals surface area (Å²) in [6, 6.07) is 10.8. The molecule has 1 spiro atoms. The molecule has 2 aliphatic carbocycles. The molecule has 2 fully saturated rings. The second-order valence-electron chi connectivity index (χ2n) is 11.5. The third-order valence-electron chi connectivity index (χ3n) is 8.41. The van der Waals surface area contributed by atoms with Crippen molar-refractivity contribution in [3.05, 3.63) is 70.6 Å². The maximum absolute atomic E-state index is 13.5. The van der Waals surface area contributed by atoms with E-state index in [1.165, 1.54) is 0 Å². The molecule has 220 valence electrons. The van der Waals surface area contributed by atoms with Crippen LogP contribution < -0.4 is 10.1 Å². The van der Waals surface area contributed by atoms with Gasteiger partial charge in [-0.15, -0.1) is 0 Å². The van der Waals surface area contributed by atoms with E-state index in [2.05, 4.69) is 26.5 Å².